The van der Waals surface area contributed by atoms with E-state index < -0.39 is 18.0 Å². The lowest BCUT2D eigenvalue weighted by Crippen LogP contribution is -2.33. The molecule has 0 unspecified atom stereocenters. The molecule has 0 radical (unpaired) electrons. The number of hydrogen-bond donors (Lipinski definition) is 3. The zero-order valence-electron chi connectivity index (χ0n) is 22.0. The number of rotatable bonds is 9. The second kappa shape index (κ2) is 12.6. The second-order valence-corrected chi connectivity index (χ2v) is 10.4. The van der Waals surface area contributed by atoms with Crippen molar-refractivity contribution in [2.75, 3.05) is 11.9 Å². The Morgan fingerprint density at radius 3 is 2.56 bits per heavy atom. The van der Waals surface area contributed by atoms with Crippen molar-refractivity contribution in [1.29, 1.82) is 0 Å². The monoisotopic (exact) mass is 549 g/mol. The molecule has 4 rings (SSSR count). The molecule has 2 amide bonds. The molecule has 1 aromatic heterocycles. The van der Waals surface area contributed by atoms with E-state index in [-0.39, 0.29) is 18.3 Å². The van der Waals surface area contributed by atoms with Gasteiger partial charge in [-0.1, -0.05) is 6.92 Å². The van der Waals surface area contributed by atoms with Gasteiger partial charge in [0.05, 0.1) is 18.4 Å². The number of phenols is 1. The van der Waals surface area contributed by atoms with Crippen molar-refractivity contribution in [2.45, 2.75) is 46.1 Å². The molecule has 9 nitrogen and oxygen atoms in total. The highest BCUT2D eigenvalue weighted by molar-refractivity contribution is 7.17. The molecule has 3 aromatic rings. The molecule has 3 N–H and O–H groups in total. The van der Waals surface area contributed by atoms with E-state index in [2.05, 4.69) is 22.8 Å². The summed E-state index contributed by atoms with van der Waals surface area (Å²) in [7, 11) is 0. The van der Waals surface area contributed by atoms with Gasteiger partial charge in [-0.05, 0) is 98.7 Å². The zero-order valence-corrected chi connectivity index (χ0v) is 22.8. The molecule has 0 saturated carbocycles. The number of thiophene rings is 1. The van der Waals surface area contributed by atoms with E-state index >= 15 is 0 Å². The number of anilines is 1. The number of hydrazone groups is 1. The average molecular weight is 550 g/mol. The Morgan fingerprint density at radius 1 is 1.15 bits per heavy atom. The summed E-state index contributed by atoms with van der Waals surface area (Å²) in [6, 6.07) is 12.8. The maximum atomic E-state index is 13.0. The third-order valence-corrected chi connectivity index (χ3v) is 7.47. The third kappa shape index (κ3) is 7.02. The van der Waals surface area contributed by atoms with Crippen LogP contribution in [0.3, 0.4) is 0 Å². The van der Waals surface area contributed by atoms with Crippen molar-refractivity contribution in [2.24, 2.45) is 11.0 Å². The van der Waals surface area contributed by atoms with E-state index in [9.17, 15) is 19.5 Å². The molecule has 1 aliphatic carbocycles. The summed E-state index contributed by atoms with van der Waals surface area (Å²) in [5.74, 6) is -0.143. The summed E-state index contributed by atoms with van der Waals surface area (Å²) < 4.78 is 11.0. The topological polar surface area (TPSA) is 126 Å². The lowest BCUT2D eigenvalue weighted by atomic mass is 9.88. The lowest BCUT2D eigenvalue weighted by Gasteiger charge is -2.18. The standard InChI is InChI=1S/C29H31N3O6S/c1-4-37-29(36)25-23-14-5-17(2)15-24(23)39-28(25)31-27(35)20-8-12-22(13-9-20)38-18(3)26(34)32-30-16-19-6-10-21(33)11-7-19/h6-13,16-18,33H,4-5,14-15H2,1-3H3,(H,31,35)(H,32,34)/b30-16+/t17-,18+/m1/s1. The van der Waals surface area contributed by atoms with Crippen LogP contribution in [0.15, 0.2) is 53.6 Å². The minimum absolute atomic E-state index is 0.142. The number of nitrogens with zero attached hydrogens (tertiary/aromatic N) is 1. The maximum Gasteiger partial charge on any atom is 0.341 e. The molecule has 2 aromatic carbocycles. The fourth-order valence-electron chi connectivity index (χ4n) is 4.20. The van der Waals surface area contributed by atoms with E-state index in [1.807, 2.05) is 0 Å². The lowest BCUT2D eigenvalue weighted by molar-refractivity contribution is -0.127. The van der Waals surface area contributed by atoms with Crippen LogP contribution in [0.5, 0.6) is 11.5 Å². The molecular formula is C29H31N3O6S. The molecule has 0 aliphatic heterocycles. The van der Waals surface area contributed by atoms with Gasteiger partial charge in [0.25, 0.3) is 11.8 Å². The summed E-state index contributed by atoms with van der Waals surface area (Å²) in [5, 5.41) is 16.6. The first kappa shape index (κ1) is 27.8. The molecular weight excluding hydrogens is 518 g/mol. The van der Waals surface area contributed by atoms with Crippen LogP contribution in [-0.2, 0) is 22.4 Å². The summed E-state index contributed by atoms with van der Waals surface area (Å²) >= 11 is 1.44. The maximum absolute atomic E-state index is 13.0. The number of benzene rings is 2. The molecule has 0 saturated heterocycles. The summed E-state index contributed by atoms with van der Waals surface area (Å²) in [5.41, 5.74) is 4.95. The Hall–Kier alpha value is -4.18. The predicted octanol–water partition coefficient (Wildman–Crippen LogP) is 4.93. The largest absolute Gasteiger partial charge is 0.508 e. The normalized spacial score (nSPS) is 15.3. The summed E-state index contributed by atoms with van der Waals surface area (Å²) in [6.45, 7) is 5.79. The third-order valence-electron chi connectivity index (χ3n) is 6.30. The number of hydrogen-bond acceptors (Lipinski definition) is 8. The number of esters is 1. The first-order chi connectivity index (χ1) is 18.7. The van der Waals surface area contributed by atoms with Crippen LogP contribution in [0.2, 0.25) is 0 Å². The van der Waals surface area contributed by atoms with E-state index in [4.69, 9.17) is 9.47 Å². The van der Waals surface area contributed by atoms with Crippen molar-refractivity contribution in [3.63, 3.8) is 0 Å². The van der Waals surface area contributed by atoms with Gasteiger partial charge in [-0.15, -0.1) is 11.3 Å². The Morgan fingerprint density at radius 2 is 1.87 bits per heavy atom. The van der Waals surface area contributed by atoms with Crippen molar-refractivity contribution in [1.82, 2.24) is 5.43 Å². The van der Waals surface area contributed by atoms with Crippen LogP contribution in [0.25, 0.3) is 0 Å². The molecule has 2 atom stereocenters. The Bertz CT molecular complexity index is 1360. The van der Waals surface area contributed by atoms with E-state index in [0.29, 0.717) is 33.4 Å². The first-order valence-electron chi connectivity index (χ1n) is 12.8. The smallest absolute Gasteiger partial charge is 0.341 e. The summed E-state index contributed by atoms with van der Waals surface area (Å²) in [4.78, 5) is 39.2. The minimum atomic E-state index is -0.839. The summed E-state index contributed by atoms with van der Waals surface area (Å²) in [6.07, 6.45) is 3.27. The number of amides is 2. The van der Waals surface area contributed by atoms with Gasteiger partial charge in [0, 0.05) is 10.4 Å². The van der Waals surface area contributed by atoms with Gasteiger partial charge >= 0.3 is 5.97 Å². The highest BCUT2D eigenvalue weighted by Crippen LogP contribution is 2.40. The number of carbonyl (C=O) groups excluding carboxylic acids is 3. The highest BCUT2D eigenvalue weighted by atomic mass is 32.1. The number of ether oxygens (including phenoxy) is 2. The molecule has 10 heteroatoms. The molecule has 0 bridgehead atoms. The first-order valence-corrected chi connectivity index (χ1v) is 13.6. The van der Waals surface area contributed by atoms with Crippen molar-refractivity contribution in [3.8, 4) is 11.5 Å². The van der Waals surface area contributed by atoms with Crippen LogP contribution in [-0.4, -0.2) is 41.8 Å². The van der Waals surface area contributed by atoms with Gasteiger partial charge < -0.3 is 19.9 Å². The molecule has 39 heavy (non-hydrogen) atoms. The van der Waals surface area contributed by atoms with Crippen molar-refractivity contribution >= 4 is 40.3 Å². The average Bonchev–Trinajstić information content (AvgIpc) is 3.27. The highest BCUT2D eigenvalue weighted by Gasteiger charge is 2.29. The number of fused-ring (bicyclic) bond motifs is 1. The number of phenolic OH excluding ortho intramolecular Hbond substituents is 1. The van der Waals surface area contributed by atoms with E-state index in [1.165, 1.54) is 29.7 Å². The van der Waals surface area contributed by atoms with Crippen LogP contribution < -0.4 is 15.5 Å². The van der Waals surface area contributed by atoms with Crippen molar-refractivity contribution in [3.05, 3.63) is 75.7 Å². The second-order valence-electron chi connectivity index (χ2n) is 9.34. The Labute approximate surface area is 230 Å². The number of carbonyl (C=O) groups is 3. The van der Waals surface area contributed by atoms with Gasteiger partial charge in [-0.2, -0.15) is 5.10 Å². The predicted molar refractivity (Wildman–Crippen MR) is 150 cm³/mol. The van der Waals surface area contributed by atoms with Gasteiger partial charge in [-0.3, -0.25) is 9.59 Å². The SMILES string of the molecule is CCOC(=O)c1c(NC(=O)c2ccc(O[C@@H](C)C(=O)N/N=C/c3ccc(O)cc3)cc2)sc2c1CC[C@@H](C)C2. The van der Waals surface area contributed by atoms with Crippen molar-refractivity contribution < 1.29 is 29.0 Å². The van der Waals surface area contributed by atoms with Gasteiger partial charge in [0.15, 0.2) is 6.10 Å². The van der Waals surface area contributed by atoms with Gasteiger partial charge in [0.2, 0.25) is 0 Å². The van der Waals surface area contributed by atoms with Crippen LogP contribution in [0.1, 0.15) is 63.9 Å². The van der Waals surface area contributed by atoms with Gasteiger partial charge in [0.1, 0.15) is 16.5 Å². The van der Waals surface area contributed by atoms with Gasteiger partial charge in [-0.25, -0.2) is 10.2 Å². The quantitative estimate of drug-likeness (QED) is 0.198. The van der Waals surface area contributed by atoms with Crippen LogP contribution in [0.4, 0.5) is 5.00 Å². The molecule has 1 aliphatic rings. The van der Waals surface area contributed by atoms with Crippen LogP contribution >= 0.6 is 11.3 Å². The zero-order chi connectivity index (χ0) is 27.9. The molecule has 0 spiro atoms. The molecule has 1 heterocycles. The van der Waals surface area contributed by atoms with Crippen LogP contribution in [0, 0.1) is 5.92 Å². The molecule has 0 fully saturated rings. The fourth-order valence-corrected chi connectivity index (χ4v) is 5.59. The minimum Gasteiger partial charge on any atom is -0.508 e. The fraction of sp³-hybridized carbons (Fsp3) is 0.310. The van der Waals surface area contributed by atoms with E-state index in [0.717, 1.165) is 29.7 Å². The molecule has 204 valence electrons. The number of aromatic hydroxyl groups is 1. The number of nitrogens with one attached hydrogen (secondary N) is 2. The Kier molecular flexibility index (Phi) is 8.98. The Balaban J connectivity index is 1.37. The van der Waals surface area contributed by atoms with E-state index in [1.54, 1.807) is 50.2 Å².